The van der Waals surface area contributed by atoms with Crippen LogP contribution in [0.25, 0.3) is 0 Å². The van der Waals surface area contributed by atoms with Gasteiger partial charge in [0.1, 0.15) is 5.82 Å². The molecular formula is C25H26FN5O3. The molecule has 9 heteroatoms. The van der Waals surface area contributed by atoms with E-state index in [9.17, 15) is 18.8 Å². The van der Waals surface area contributed by atoms with E-state index in [2.05, 4.69) is 26.6 Å². The Morgan fingerprint density at radius 1 is 0.706 bits per heavy atom. The first-order chi connectivity index (χ1) is 16.3. The predicted molar refractivity (Wildman–Crippen MR) is 131 cm³/mol. The lowest BCUT2D eigenvalue weighted by molar-refractivity contribution is 0.0953. The molecule has 8 nitrogen and oxygen atoms in total. The molecule has 0 spiro atoms. The molecule has 0 atom stereocenters. The van der Waals surface area contributed by atoms with Gasteiger partial charge in [0.15, 0.2) is 0 Å². The van der Waals surface area contributed by atoms with E-state index in [0.29, 0.717) is 11.4 Å². The first kappa shape index (κ1) is 24.2. The third-order valence-electron chi connectivity index (χ3n) is 4.76. The number of rotatable bonds is 7. The fourth-order valence-electron chi connectivity index (χ4n) is 3.03. The number of nitrogens with one attached hydrogen (secondary N) is 5. The van der Waals surface area contributed by atoms with Crippen LogP contribution in [-0.4, -0.2) is 31.1 Å². The van der Waals surface area contributed by atoms with Crippen molar-refractivity contribution in [2.45, 2.75) is 13.8 Å². The topological polar surface area (TPSA) is 111 Å². The summed E-state index contributed by atoms with van der Waals surface area (Å²) >= 11 is 0. The van der Waals surface area contributed by atoms with Gasteiger partial charge in [-0.1, -0.05) is 29.8 Å². The number of halogens is 1. The summed E-state index contributed by atoms with van der Waals surface area (Å²) in [7, 11) is 0. The molecule has 34 heavy (non-hydrogen) atoms. The zero-order valence-electron chi connectivity index (χ0n) is 18.9. The molecule has 0 aliphatic rings. The van der Waals surface area contributed by atoms with Crippen LogP contribution in [0.4, 0.5) is 31.0 Å². The number of anilines is 3. The Bertz CT molecular complexity index is 1180. The maximum Gasteiger partial charge on any atom is 0.323 e. The normalized spacial score (nSPS) is 10.2. The van der Waals surface area contributed by atoms with Crippen LogP contribution in [-0.2, 0) is 0 Å². The van der Waals surface area contributed by atoms with Crippen molar-refractivity contribution < 1.29 is 18.8 Å². The van der Waals surface area contributed by atoms with E-state index < -0.39 is 23.8 Å². The highest BCUT2D eigenvalue weighted by Crippen LogP contribution is 2.17. The number of carbonyl (C=O) groups excluding carboxylic acids is 3. The van der Waals surface area contributed by atoms with Crippen LogP contribution < -0.4 is 26.6 Å². The lowest BCUT2D eigenvalue weighted by Gasteiger charge is -2.11. The summed E-state index contributed by atoms with van der Waals surface area (Å²) < 4.78 is 14.4. The van der Waals surface area contributed by atoms with Crippen molar-refractivity contribution in [3.05, 3.63) is 89.2 Å². The van der Waals surface area contributed by atoms with Crippen LogP contribution in [0.2, 0.25) is 0 Å². The van der Waals surface area contributed by atoms with Crippen molar-refractivity contribution in [1.82, 2.24) is 10.6 Å². The third kappa shape index (κ3) is 7.33. The summed E-state index contributed by atoms with van der Waals surface area (Å²) in [5.74, 6) is -1.25. The lowest BCUT2D eigenvalue weighted by atomic mass is 10.2. The van der Waals surface area contributed by atoms with E-state index in [4.69, 9.17) is 0 Å². The van der Waals surface area contributed by atoms with Crippen molar-refractivity contribution >= 4 is 35.0 Å². The van der Waals surface area contributed by atoms with Crippen LogP contribution in [0.3, 0.4) is 0 Å². The van der Waals surface area contributed by atoms with Crippen LogP contribution in [0.15, 0.2) is 66.7 Å². The molecule has 0 aliphatic carbocycles. The number of carbonyl (C=O) groups is 3. The summed E-state index contributed by atoms with van der Waals surface area (Å²) in [6.07, 6.45) is 0. The van der Waals surface area contributed by atoms with Crippen molar-refractivity contribution in [3.8, 4) is 0 Å². The number of aryl methyl sites for hydroxylation is 2. The molecule has 0 heterocycles. The Morgan fingerprint density at radius 3 is 2.12 bits per heavy atom. The molecule has 3 rings (SSSR count). The fourth-order valence-corrected chi connectivity index (χ4v) is 3.03. The zero-order valence-corrected chi connectivity index (χ0v) is 18.9. The Labute approximate surface area is 196 Å². The Balaban J connectivity index is 1.43. The molecule has 0 saturated carbocycles. The largest absolute Gasteiger partial charge is 0.350 e. The SMILES string of the molecule is Cc1ccc(NC(=O)Nc2ccc(C(=O)NCCNC(=O)Nc3cccc(C)c3)cc2F)cc1. The molecule has 0 bridgehead atoms. The van der Waals surface area contributed by atoms with E-state index in [1.165, 1.54) is 12.1 Å². The molecule has 3 aromatic rings. The monoisotopic (exact) mass is 463 g/mol. The molecular weight excluding hydrogens is 437 g/mol. The van der Waals surface area contributed by atoms with Gasteiger partial charge >= 0.3 is 12.1 Å². The van der Waals surface area contributed by atoms with Crippen molar-refractivity contribution in [2.24, 2.45) is 0 Å². The summed E-state index contributed by atoms with van der Waals surface area (Å²) in [6.45, 7) is 4.19. The van der Waals surface area contributed by atoms with Gasteiger partial charge in [-0.15, -0.1) is 0 Å². The number of benzene rings is 3. The molecule has 0 fully saturated rings. The number of amides is 5. The van der Waals surface area contributed by atoms with Gasteiger partial charge in [0.2, 0.25) is 0 Å². The smallest absolute Gasteiger partial charge is 0.323 e. The minimum absolute atomic E-state index is 0.0596. The molecule has 0 radical (unpaired) electrons. The van der Waals surface area contributed by atoms with Crippen LogP contribution in [0, 0.1) is 19.7 Å². The molecule has 0 aromatic heterocycles. The molecule has 5 N–H and O–H groups in total. The molecule has 0 aliphatic heterocycles. The highest BCUT2D eigenvalue weighted by molar-refractivity contribution is 6.00. The van der Waals surface area contributed by atoms with Crippen molar-refractivity contribution in [2.75, 3.05) is 29.0 Å². The number of hydrogen-bond donors (Lipinski definition) is 5. The van der Waals surface area contributed by atoms with Gasteiger partial charge < -0.3 is 26.6 Å². The maximum absolute atomic E-state index is 14.4. The van der Waals surface area contributed by atoms with E-state index in [-0.39, 0.29) is 24.3 Å². The second kappa shape index (κ2) is 11.5. The summed E-state index contributed by atoms with van der Waals surface area (Å²) in [4.78, 5) is 36.3. The number of hydrogen-bond acceptors (Lipinski definition) is 3. The molecule has 5 amide bonds. The van der Waals surface area contributed by atoms with Gasteiger partial charge in [-0.3, -0.25) is 4.79 Å². The third-order valence-corrected chi connectivity index (χ3v) is 4.76. The zero-order chi connectivity index (χ0) is 24.5. The number of urea groups is 2. The van der Waals surface area contributed by atoms with Gasteiger partial charge in [0.25, 0.3) is 5.91 Å². The minimum Gasteiger partial charge on any atom is -0.350 e. The van der Waals surface area contributed by atoms with Crippen molar-refractivity contribution in [3.63, 3.8) is 0 Å². The average Bonchev–Trinajstić information content (AvgIpc) is 2.79. The first-order valence-electron chi connectivity index (χ1n) is 10.6. The Kier molecular flexibility index (Phi) is 8.17. The van der Waals surface area contributed by atoms with E-state index in [1.54, 1.807) is 18.2 Å². The Morgan fingerprint density at radius 2 is 1.41 bits per heavy atom. The highest BCUT2D eigenvalue weighted by atomic mass is 19.1. The molecule has 0 unspecified atom stereocenters. The molecule has 176 valence electrons. The maximum atomic E-state index is 14.4. The average molecular weight is 464 g/mol. The van der Waals surface area contributed by atoms with Crippen molar-refractivity contribution in [1.29, 1.82) is 0 Å². The van der Waals surface area contributed by atoms with Crippen LogP contribution in [0.1, 0.15) is 21.5 Å². The highest BCUT2D eigenvalue weighted by Gasteiger charge is 2.12. The van der Waals surface area contributed by atoms with Gasteiger partial charge in [0.05, 0.1) is 5.69 Å². The first-order valence-corrected chi connectivity index (χ1v) is 10.6. The van der Waals surface area contributed by atoms with E-state index in [1.807, 2.05) is 44.2 Å². The minimum atomic E-state index is -0.748. The predicted octanol–water partition coefficient (Wildman–Crippen LogP) is 4.64. The summed E-state index contributed by atoms with van der Waals surface area (Å²) in [6, 6.07) is 17.3. The van der Waals surface area contributed by atoms with Gasteiger partial charge in [-0.2, -0.15) is 0 Å². The fraction of sp³-hybridized carbons (Fsp3) is 0.160. The van der Waals surface area contributed by atoms with E-state index >= 15 is 0 Å². The Hall–Kier alpha value is -4.40. The molecule has 3 aromatic carbocycles. The lowest BCUT2D eigenvalue weighted by Crippen LogP contribution is -2.36. The van der Waals surface area contributed by atoms with E-state index in [0.717, 1.165) is 17.2 Å². The van der Waals surface area contributed by atoms with Gasteiger partial charge in [-0.05, 0) is 61.9 Å². The summed E-state index contributed by atoms with van der Waals surface area (Å²) in [5.41, 5.74) is 3.33. The standard InChI is InChI=1S/C25H26FN5O3/c1-16-6-9-19(10-7-16)29-25(34)31-22-11-8-18(15-21(22)26)23(32)27-12-13-28-24(33)30-20-5-3-4-17(2)14-20/h3-11,14-15H,12-13H2,1-2H3,(H,27,32)(H2,28,30,33)(H2,29,31,34). The summed E-state index contributed by atoms with van der Waals surface area (Å²) in [5, 5.41) is 13.0. The second-order valence-electron chi connectivity index (χ2n) is 7.65. The second-order valence-corrected chi connectivity index (χ2v) is 7.65. The van der Waals surface area contributed by atoms with Crippen LogP contribution >= 0.6 is 0 Å². The van der Waals surface area contributed by atoms with Gasteiger partial charge in [0, 0.05) is 30.0 Å². The quantitative estimate of drug-likeness (QED) is 0.329. The van der Waals surface area contributed by atoms with Crippen LogP contribution in [0.5, 0.6) is 0 Å². The van der Waals surface area contributed by atoms with Gasteiger partial charge in [-0.25, -0.2) is 14.0 Å². The molecule has 0 saturated heterocycles.